The summed E-state index contributed by atoms with van der Waals surface area (Å²) in [4.78, 5) is 13.5. The van der Waals surface area contributed by atoms with Crippen molar-refractivity contribution >= 4 is 5.91 Å². The van der Waals surface area contributed by atoms with Gasteiger partial charge in [0.2, 0.25) is 0 Å². The fraction of sp³-hybridized carbons (Fsp3) is 0.533. The quantitative estimate of drug-likeness (QED) is 0.757. The number of likely N-dealkylation sites (tertiary alicyclic amines) is 1. The molecule has 0 aromatic heterocycles. The first-order chi connectivity index (χ1) is 8.98. The van der Waals surface area contributed by atoms with Crippen LogP contribution in [0.4, 0.5) is 8.78 Å². The molecule has 4 heteroatoms. The zero-order chi connectivity index (χ0) is 14.5. The maximum atomic E-state index is 13.0. The zero-order valence-corrected chi connectivity index (χ0v) is 11.7. The summed E-state index contributed by atoms with van der Waals surface area (Å²) in [5.74, 6) is -2.76. The van der Waals surface area contributed by atoms with Crippen LogP contribution in [0.1, 0.15) is 42.6 Å². The molecule has 19 heavy (non-hydrogen) atoms. The fourth-order valence-electron chi connectivity index (χ4n) is 1.92. The lowest BCUT2D eigenvalue weighted by molar-refractivity contribution is -0.0494. The van der Waals surface area contributed by atoms with E-state index in [0.717, 1.165) is 5.56 Å². The van der Waals surface area contributed by atoms with Crippen LogP contribution >= 0.6 is 0 Å². The van der Waals surface area contributed by atoms with E-state index in [-0.39, 0.29) is 31.8 Å². The highest BCUT2D eigenvalue weighted by Crippen LogP contribution is 2.28. The van der Waals surface area contributed by atoms with Crippen LogP contribution in [-0.4, -0.2) is 29.8 Å². The Balaban J connectivity index is 0.000000861. The van der Waals surface area contributed by atoms with E-state index >= 15 is 0 Å². The maximum Gasteiger partial charge on any atom is 0.253 e. The summed E-state index contributed by atoms with van der Waals surface area (Å²) >= 11 is 0. The molecule has 0 spiro atoms. The van der Waals surface area contributed by atoms with Crippen molar-refractivity contribution in [3.05, 3.63) is 35.4 Å². The Kier molecular flexibility index (Phi) is 5.45. The van der Waals surface area contributed by atoms with Crippen LogP contribution in [-0.2, 0) is 0 Å². The second-order valence-corrected chi connectivity index (χ2v) is 4.51. The molecular formula is C15H21F2NO. The fourth-order valence-corrected chi connectivity index (χ4v) is 1.92. The van der Waals surface area contributed by atoms with E-state index in [9.17, 15) is 13.6 Å². The number of carbonyl (C=O) groups is 1. The van der Waals surface area contributed by atoms with Crippen LogP contribution in [0, 0.1) is 6.92 Å². The third-order valence-corrected chi connectivity index (χ3v) is 3.08. The minimum absolute atomic E-state index is 0.139. The van der Waals surface area contributed by atoms with Crippen LogP contribution in [0.3, 0.4) is 0 Å². The molecule has 1 fully saturated rings. The minimum atomic E-state index is -2.61. The van der Waals surface area contributed by atoms with Crippen molar-refractivity contribution in [1.82, 2.24) is 4.90 Å². The lowest BCUT2D eigenvalue weighted by Gasteiger charge is -2.31. The Bertz CT molecular complexity index is 405. The number of aryl methyl sites for hydroxylation is 1. The number of piperidine rings is 1. The number of halogens is 2. The van der Waals surface area contributed by atoms with E-state index in [2.05, 4.69) is 0 Å². The first kappa shape index (κ1) is 15.6. The Morgan fingerprint density at radius 3 is 2.05 bits per heavy atom. The van der Waals surface area contributed by atoms with E-state index in [1.807, 2.05) is 32.9 Å². The van der Waals surface area contributed by atoms with Crippen LogP contribution in [0.5, 0.6) is 0 Å². The lowest BCUT2D eigenvalue weighted by Crippen LogP contribution is -2.42. The molecule has 1 aliphatic rings. The maximum absolute atomic E-state index is 13.0. The Morgan fingerprint density at radius 2 is 1.58 bits per heavy atom. The second-order valence-electron chi connectivity index (χ2n) is 4.51. The number of hydrogen-bond acceptors (Lipinski definition) is 1. The third-order valence-electron chi connectivity index (χ3n) is 3.08. The van der Waals surface area contributed by atoms with Gasteiger partial charge in [-0.25, -0.2) is 8.78 Å². The van der Waals surface area contributed by atoms with Gasteiger partial charge in [-0.1, -0.05) is 31.5 Å². The van der Waals surface area contributed by atoms with Gasteiger partial charge in [0.15, 0.2) is 0 Å². The van der Waals surface area contributed by atoms with Gasteiger partial charge in [-0.15, -0.1) is 0 Å². The standard InChI is InChI=1S/C13H15F2NO.C2H6/c1-10-2-4-11(5-3-10)12(17)16-8-6-13(14,15)7-9-16;1-2/h2-5H,6-9H2,1H3;1-2H3. The van der Waals surface area contributed by atoms with Gasteiger partial charge in [0.1, 0.15) is 0 Å². The molecule has 0 atom stereocenters. The van der Waals surface area contributed by atoms with E-state index in [4.69, 9.17) is 0 Å². The Morgan fingerprint density at radius 1 is 1.11 bits per heavy atom. The highest BCUT2D eigenvalue weighted by Gasteiger charge is 2.35. The molecule has 1 heterocycles. The van der Waals surface area contributed by atoms with Crippen molar-refractivity contribution < 1.29 is 13.6 Å². The van der Waals surface area contributed by atoms with Gasteiger partial charge in [-0.05, 0) is 19.1 Å². The highest BCUT2D eigenvalue weighted by atomic mass is 19.3. The van der Waals surface area contributed by atoms with Crippen molar-refractivity contribution in [3.63, 3.8) is 0 Å². The molecule has 0 unspecified atom stereocenters. The second kappa shape index (κ2) is 6.64. The third kappa shape index (κ3) is 4.30. The molecule has 0 radical (unpaired) electrons. The monoisotopic (exact) mass is 269 g/mol. The van der Waals surface area contributed by atoms with Crippen LogP contribution in [0.15, 0.2) is 24.3 Å². The van der Waals surface area contributed by atoms with E-state index in [1.54, 1.807) is 12.1 Å². The molecule has 0 N–H and O–H groups in total. The largest absolute Gasteiger partial charge is 0.338 e. The number of alkyl halides is 2. The molecule has 0 bridgehead atoms. The first-order valence-corrected chi connectivity index (χ1v) is 6.72. The smallest absolute Gasteiger partial charge is 0.253 e. The Labute approximate surface area is 113 Å². The average molecular weight is 269 g/mol. The molecule has 106 valence electrons. The molecule has 2 rings (SSSR count). The zero-order valence-electron chi connectivity index (χ0n) is 11.7. The SMILES string of the molecule is CC.Cc1ccc(C(=O)N2CCC(F)(F)CC2)cc1. The Hall–Kier alpha value is -1.45. The van der Waals surface area contributed by atoms with Gasteiger partial charge in [0.25, 0.3) is 11.8 Å². The average Bonchev–Trinajstić information content (AvgIpc) is 2.41. The number of amides is 1. The predicted molar refractivity (Wildman–Crippen MR) is 72.6 cm³/mol. The van der Waals surface area contributed by atoms with E-state index in [0.29, 0.717) is 5.56 Å². The van der Waals surface area contributed by atoms with Crippen LogP contribution in [0.2, 0.25) is 0 Å². The van der Waals surface area contributed by atoms with E-state index in [1.165, 1.54) is 4.90 Å². The van der Waals surface area contributed by atoms with Gasteiger partial charge in [-0.3, -0.25) is 4.79 Å². The predicted octanol–water partition coefficient (Wildman–Crippen LogP) is 3.89. The van der Waals surface area contributed by atoms with Gasteiger partial charge < -0.3 is 4.90 Å². The molecule has 1 aromatic rings. The summed E-state index contributed by atoms with van der Waals surface area (Å²) in [7, 11) is 0. The van der Waals surface area contributed by atoms with Crippen molar-refractivity contribution in [2.75, 3.05) is 13.1 Å². The van der Waals surface area contributed by atoms with Crippen molar-refractivity contribution in [1.29, 1.82) is 0 Å². The highest BCUT2D eigenvalue weighted by molar-refractivity contribution is 5.94. The number of carbonyl (C=O) groups excluding carboxylic acids is 1. The van der Waals surface area contributed by atoms with E-state index < -0.39 is 5.92 Å². The summed E-state index contributed by atoms with van der Waals surface area (Å²) in [5.41, 5.74) is 1.65. The molecule has 2 nitrogen and oxygen atoms in total. The molecule has 0 aliphatic carbocycles. The molecule has 1 amide bonds. The summed E-state index contributed by atoms with van der Waals surface area (Å²) < 4.78 is 25.9. The van der Waals surface area contributed by atoms with Gasteiger partial charge in [0, 0.05) is 31.5 Å². The normalized spacial score (nSPS) is 17.4. The van der Waals surface area contributed by atoms with Crippen LogP contribution < -0.4 is 0 Å². The van der Waals surface area contributed by atoms with Gasteiger partial charge in [-0.2, -0.15) is 0 Å². The van der Waals surface area contributed by atoms with Gasteiger partial charge >= 0.3 is 0 Å². The summed E-state index contributed by atoms with van der Waals surface area (Å²) in [6.07, 6.45) is -0.463. The summed E-state index contributed by atoms with van der Waals surface area (Å²) in [5, 5.41) is 0. The number of hydrogen-bond donors (Lipinski definition) is 0. The van der Waals surface area contributed by atoms with Crippen LogP contribution in [0.25, 0.3) is 0 Å². The van der Waals surface area contributed by atoms with Crippen molar-refractivity contribution in [2.45, 2.75) is 39.5 Å². The molecule has 0 saturated carbocycles. The summed E-state index contributed by atoms with van der Waals surface area (Å²) in [6, 6.07) is 7.19. The van der Waals surface area contributed by atoms with Crippen molar-refractivity contribution in [2.24, 2.45) is 0 Å². The van der Waals surface area contributed by atoms with Crippen molar-refractivity contribution in [3.8, 4) is 0 Å². The molecular weight excluding hydrogens is 248 g/mol. The summed E-state index contributed by atoms with van der Waals surface area (Å²) in [6.45, 7) is 6.22. The molecule has 1 saturated heterocycles. The van der Waals surface area contributed by atoms with Gasteiger partial charge in [0.05, 0.1) is 0 Å². The minimum Gasteiger partial charge on any atom is -0.338 e. The number of nitrogens with zero attached hydrogens (tertiary/aromatic N) is 1. The number of benzene rings is 1. The molecule has 1 aromatic carbocycles. The first-order valence-electron chi connectivity index (χ1n) is 6.72. The number of rotatable bonds is 1. The lowest BCUT2D eigenvalue weighted by atomic mass is 10.1. The topological polar surface area (TPSA) is 20.3 Å². The molecule has 1 aliphatic heterocycles.